The quantitative estimate of drug-likeness (QED) is 0.271. The number of allylic oxidation sites excluding steroid dienone is 1. The molecule has 26 heavy (non-hydrogen) atoms. The van der Waals surface area contributed by atoms with Gasteiger partial charge in [-0.1, -0.05) is 60.7 Å². The SMILES string of the molecule is O=C(C=Cc1sccc1-c1ccccc1)c1sccc1-c1ccccc1. The molecule has 2 aromatic heterocycles. The fraction of sp³-hybridized carbons (Fsp3) is 0. The second kappa shape index (κ2) is 7.65. The fourth-order valence-corrected chi connectivity index (χ4v) is 4.53. The largest absolute Gasteiger partial charge is 0.288 e. The lowest BCUT2D eigenvalue weighted by Crippen LogP contribution is -1.92. The number of ketones is 1. The van der Waals surface area contributed by atoms with E-state index in [-0.39, 0.29) is 5.78 Å². The third-order valence-electron chi connectivity index (χ3n) is 4.14. The summed E-state index contributed by atoms with van der Waals surface area (Å²) in [6.07, 6.45) is 3.63. The van der Waals surface area contributed by atoms with Gasteiger partial charge in [0.15, 0.2) is 5.78 Å². The molecule has 0 aliphatic heterocycles. The lowest BCUT2D eigenvalue weighted by Gasteiger charge is -2.02. The predicted molar refractivity (Wildman–Crippen MR) is 113 cm³/mol. The van der Waals surface area contributed by atoms with Crippen molar-refractivity contribution in [1.29, 1.82) is 0 Å². The van der Waals surface area contributed by atoms with Crippen molar-refractivity contribution in [2.24, 2.45) is 0 Å². The van der Waals surface area contributed by atoms with Crippen LogP contribution in [0.3, 0.4) is 0 Å². The van der Waals surface area contributed by atoms with Crippen LogP contribution in [0.2, 0.25) is 0 Å². The lowest BCUT2D eigenvalue weighted by molar-refractivity contribution is 0.105. The molecular weight excluding hydrogens is 356 g/mol. The van der Waals surface area contributed by atoms with Crippen LogP contribution >= 0.6 is 22.7 Å². The molecule has 4 rings (SSSR count). The van der Waals surface area contributed by atoms with E-state index in [4.69, 9.17) is 0 Å². The number of rotatable bonds is 5. The van der Waals surface area contributed by atoms with Gasteiger partial charge in [0, 0.05) is 10.4 Å². The van der Waals surface area contributed by atoms with Gasteiger partial charge in [0.05, 0.1) is 4.88 Å². The third-order valence-corrected chi connectivity index (χ3v) is 5.95. The van der Waals surface area contributed by atoms with Crippen LogP contribution in [-0.2, 0) is 0 Å². The van der Waals surface area contributed by atoms with Crippen molar-refractivity contribution in [2.75, 3.05) is 0 Å². The van der Waals surface area contributed by atoms with E-state index in [2.05, 4.69) is 23.6 Å². The van der Waals surface area contributed by atoms with Crippen LogP contribution in [0, 0.1) is 0 Å². The maximum absolute atomic E-state index is 12.8. The lowest BCUT2D eigenvalue weighted by atomic mass is 10.0. The maximum atomic E-state index is 12.8. The molecule has 3 heteroatoms. The van der Waals surface area contributed by atoms with Gasteiger partial charge in [-0.05, 0) is 51.7 Å². The Kier molecular flexibility index (Phi) is 4.91. The normalized spacial score (nSPS) is 11.1. The van der Waals surface area contributed by atoms with Crippen LogP contribution in [0.15, 0.2) is 89.6 Å². The van der Waals surface area contributed by atoms with E-state index in [9.17, 15) is 4.79 Å². The van der Waals surface area contributed by atoms with E-state index in [0.29, 0.717) is 0 Å². The monoisotopic (exact) mass is 372 g/mol. The summed E-state index contributed by atoms with van der Waals surface area (Å²) in [5, 5.41) is 4.04. The molecule has 0 aliphatic rings. The van der Waals surface area contributed by atoms with E-state index in [1.54, 1.807) is 17.4 Å². The van der Waals surface area contributed by atoms with E-state index in [0.717, 1.165) is 26.4 Å². The van der Waals surface area contributed by atoms with Crippen LogP contribution < -0.4 is 0 Å². The molecule has 0 spiro atoms. The van der Waals surface area contributed by atoms with E-state index in [1.807, 2.05) is 66.1 Å². The molecule has 126 valence electrons. The molecular formula is C23H16OS2. The van der Waals surface area contributed by atoms with Crippen molar-refractivity contribution in [3.63, 3.8) is 0 Å². The van der Waals surface area contributed by atoms with Crippen molar-refractivity contribution < 1.29 is 4.79 Å². The minimum atomic E-state index is 0.0475. The summed E-state index contributed by atoms with van der Waals surface area (Å²) in [5.41, 5.74) is 4.40. The van der Waals surface area contributed by atoms with Crippen LogP contribution in [0.1, 0.15) is 14.5 Å². The highest BCUT2D eigenvalue weighted by Crippen LogP contribution is 2.31. The zero-order valence-corrected chi connectivity index (χ0v) is 15.6. The molecule has 4 aromatic rings. The summed E-state index contributed by atoms with van der Waals surface area (Å²) < 4.78 is 0. The van der Waals surface area contributed by atoms with E-state index < -0.39 is 0 Å². The number of thiophene rings is 2. The molecule has 0 fully saturated rings. The number of carbonyl (C=O) groups is 1. The van der Waals surface area contributed by atoms with Crippen LogP contribution in [-0.4, -0.2) is 5.78 Å². The first-order valence-corrected chi connectivity index (χ1v) is 10.1. The van der Waals surface area contributed by atoms with Gasteiger partial charge in [-0.3, -0.25) is 4.79 Å². The van der Waals surface area contributed by atoms with Gasteiger partial charge >= 0.3 is 0 Å². The Hall–Kier alpha value is -2.75. The first-order chi connectivity index (χ1) is 12.8. The van der Waals surface area contributed by atoms with Gasteiger partial charge in [0.1, 0.15) is 0 Å². The molecule has 0 N–H and O–H groups in total. The predicted octanol–water partition coefficient (Wildman–Crippen LogP) is 7.04. The minimum absolute atomic E-state index is 0.0475. The molecule has 0 saturated heterocycles. The van der Waals surface area contributed by atoms with E-state index >= 15 is 0 Å². The zero-order valence-electron chi connectivity index (χ0n) is 14.0. The average Bonchev–Trinajstić information content (AvgIpc) is 3.37. The molecule has 0 radical (unpaired) electrons. The average molecular weight is 373 g/mol. The molecule has 2 heterocycles. The minimum Gasteiger partial charge on any atom is -0.288 e. The first kappa shape index (κ1) is 16.7. The number of hydrogen-bond acceptors (Lipinski definition) is 3. The molecule has 0 bridgehead atoms. The van der Waals surface area contributed by atoms with Crippen molar-refractivity contribution >= 4 is 34.5 Å². The molecule has 0 amide bonds. The Morgan fingerprint density at radius 1 is 0.692 bits per heavy atom. The summed E-state index contributed by atoms with van der Waals surface area (Å²) in [6, 6.07) is 24.4. The standard InChI is InChI=1S/C23H16OS2/c24-21(23-20(14-16-26-23)18-9-5-2-6-10-18)11-12-22-19(13-15-25-22)17-7-3-1-4-8-17/h1-16H. The molecule has 0 unspecified atom stereocenters. The molecule has 2 aromatic carbocycles. The second-order valence-corrected chi connectivity index (χ2v) is 7.66. The zero-order chi connectivity index (χ0) is 17.8. The summed E-state index contributed by atoms with van der Waals surface area (Å²) >= 11 is 3.14. The fourth-order valence-electron chi connectivity index (χ4n) is 2.88. The van der Waals surface area contributed by atoms with Crippen LogP contribution in [0.5, 0.6) is 0 Å². The molecule has 0 saturated carbocycles. The summed E-state index contributed by atoms with van der Waals surface area (Å²) in [4.78, 5) is 14.7. The first-order valence-electron chi connectivity index (χ1n) is 8.31. The van der Waals surface area contributed by atoms with Gasteiger partial charge < -0.3 is 0 Å². The highest BCUT2D eigenvalue weighted by atomic mass is 32.1. The van der Waals surface area contributed by atoms with Gasteiger partial charge in [0.2, 0.25) is 0 Å². The van der Waals surface area contributed by atoms with Crippen molar-refractivity contribution in [1.82, 2.24) is 0 Å². The number of benzene rings is 2. The molecule has 0 atom stereocenters. The van der Waals surface area contributed by atoms with Crippen molar-refractivity contribution in [2.45, 2.75) is 0 Å². The number of carbonyl (C=O) groups excluding carboxylic acids is 1. The topological polar surface area (TPSA) is 17.1 Å². The molecule has 1 nitrogen and oxygen atoms in total. The molecule has 0 aliphatic carbocycles. The number of hydrogen-bond donors (Lipinski definition) is 0. The van der Waals surface area contributed by atoms with Crippen LogP contribution in [0.25, 0.3) is 28.3 Å². The Labute approximate surface area is 160 Å². The highest BCUT2D eigenvalue weighted by molar-refractivity contribution is 7.13. The van der Waals surface area contributed by atoms with Crippen LogP contribution in [0.4, 0.5) is 0 Å². The van der Waals surface area contributed by atoms with Gasteiger partial charge in [-0.25, -0.2) is 0 Å². The summed E-state index contributed by atoms with van der Waals surface area (Å²) in [6.45, 7) is 0. The summed E-state index contributed by atoms with van der Waals surface area (Å²) in [5.74, 6) is 0.0475. The Bertz CT molecular complexity index is 1040. The highest BCUT2D eigenvalue weighted by Gasteiger charge is 2.12. The summed E-state index contributed by atoms with van der Waals surface area (Å²) in [7, 11) is 0. The van der Waals surface area contributed by atoms with Gasteiger partial charge in [-0.2, -0.15) is 0 Å². The third kappa shape index (κ3) is 3.45. The Morgan fingerprint density at radius 2 is 1.27 bits per heavy atom. The van der Waals surface area contributed by atoms with Gasteiger partial charge in [0.25, 0.3) is 0 Å². The van der Waals surface area contributed by atoms with Crippen molar-refractivity contribution in [3.05, 3.63) is 99.4 Å². The maximum Gasteiger partial charge on any atom is 0.196 e. The Morgan fingerprint density at radius 3 is 1.96 bits per heavy atom. The Balaban J connectivity index is 1.61. The van der Waals surface area contributed by atoms with Gasteiger partial charge in [-0.15, -0.1) is 22.7 Å². The van der Waals surface area contributed by atoms with E-state index in [1.165, 1.54) is 16.9 Å². The van der Waals surface area contributed by atoms with Crippen molar-refractivity contribution in [3.8, 4) is 22.3 Å². The second-order valence-electron chi connectivity index (χ2n) is 5.79. The smallest absolute Gasteiger partial charge is 0.196 e.